The van der Waals surface area contributed by atoms with Crippen molar-refractivity contribution in [1.29, 1.82) is 0 Å². The predicted octanol–water partition coefficient (Wildman–Crippen LogP) is 3.19. The standard InChI is InChI=1S/C13H14BrClN2O2/c14-9-4-10(15)11(16-5-9)17-6-8-2-1-3-13(8,7-17)12(18)19/h4-5,8H,1-3,6-7H2,(H,18,19)/t8-,13+/m0/s1. The van der Waals surface area contributed by atoms with Crippen LogP contribution < -0.4 is 4.90 Å². The number of halogens is 2. The first-order valence-electron chi connectivity index (χ1n) is 6.32. The van der Waals surface area contributed by atoms with E-state index in [0.717, 1.165) is 30.3 Å². The van der Waals surface area contributed by atoms with Gasteiger partial charge in [-0.05, 0) is 40.8 Å². The molecule has 19 heavy (non-hydrogen) atoms. The molecule has 4 nitrogen and oxygen atoms in total. The van der Waals surface area contributed by atoms with Crippen LogP contribution in [-0.4, -0.2) is 29.1 Å². The van der Waals surface area contributed by atoms with Gasteiger partial charge in [0, 0.05) is 23.8 Å². The van der Waals surface area contributed by atoms with Crippen molar-refractivity contribution in [3.63, 3.8) is 0 Å². The summed E-state index contributed by atoms with van der Waals surface area (Å²) in [6.45, 7) is 1.25. The minimum atomic E-state index is -0.675. The molecule has 3 rings (SSSR count). The zero-order valence-corrected chi connectivity index (χ0v) is 12.6. The molecule has 1 aliphatic carbocycles. The van der Waals surface area contributed by atoms with Crippen LogP contribution in [0.3, 0.4) is 0 Å². The van der Waals surface area contributed by atoms with E-state index in [-0.39, 0.29) is 5.92 Å². The minimum absolute atomic E-state index is 0.214. The van der Waals surface area contributed by atoms with Gasteiger partial charge in [0.15, 0.2) is 0 Å². The molecule has 0 aromatic carbocycles. The highest BCUT2D eigenvalue weighted by Crippen LogP contribution is 2.50. The number of rotatable bonds is 2. The van der Waals surface area contributed by atoms with Crippen LogP contribution >= 0.6 is 27.5 Å². The molecule has 1 aromatic rings. The number of carboxylic acids is 1. The second kappa shape index (κ2) is 4.63. The molecule has 1 N–H and O–H groups in total. The highest BCUT2D eigenvalue weighted by atomic mass is 79.9. The van der Waals surface area contributed by atoms with Gasteiger partial charge in [-0.1, -0.05) is 18.0 Å². The molecular weight excluding hydrogens is 332 g/mol. The first-order valence-corrected chi connectivity index (χ1v) is 7.49. The SMILES string of the molecule is O=C(O)[C@@]12CCC[C@H]1CN(c1ncc(Br)cc1Cl)C2. The Morgan fingerprint density at radius 2 is 2.42 bits per heavy atom. The van der Waals surface area contributed by atoms with Crippen molar-refractivity contribution in [2.75, 3.05) is 18.0 Å². The van der Waals surface area contributed by atoms with E-state index in [1.165, 1.54) is 0 Å². The molecule has 0 bridgehead atoms. The van der Waals surface area contributed by atoms with E-state index in [1.54, 1.807) is 12.3 Å². The van der Waals surface area contributed by atoms with Gasteiger partial charge in [-0.15, -0.1) is 0 Å². The predicted molar refractivity (Wildman–Crippen MR) is 76.6 cm³/mol. The molecule has 6 heteroatoms. The average Bonchev–Trinajstić information content (AvgIpc) is 2.85. The van der Waals surface area contributed by atoms with Crippen LogP contribution in [0.1, 0.15) is 19.3 Å². The van der Waals surface area contributed by atoms with Gasteiger partial charge < -0.3 is 10.0 Å². The Balaban J connectivity index is 1.91. The third-order valence-corrected chi connectivity index (χ3v) is 5.10. The lowest BCUT2D eigenvalue weighted by molar-refractivity contribution is -0.149. The van der Waals surface area contributed by atoms with Crippen molar-refractivity contribution < 1.29 is 9.90 Å². The summed E-state index contributed by atoms with van der Waals surface area (Å²) in [4.78, 5) is 18.0. The number of carboxylic acid groups (broad SMARTS) is 1. The van der Waals surface area contributed by atoms with Crippen molar-refractivity contribution in [1.82, 2.24) is 4.98 Å². The number of aromatic nitrogens is 1. The minimum Gasteiger partial charge on any atom is -0.481 e. The molecule has 2 aliphatic rings. The number of anilines is 1. The monoisotopic (exact) mass is 344 g/mol. The molecule has 1 aromatic heterocycles. The Morgan fingerprint density at radius 3 is 3.05 bits per heavy atom. The van der Waals surface area contributed by atoms with Gasteiger partial charge in [0.25, 0.3) is 0 Å². The normalized spacial score (nSPS) is 29.6. The molecule has 0 amide bonds. The molecule has 0 radical (unpaired) electrons. The largest absolute Gasteiger partial charge is 0.481 e. The molecular formula is C13H14BrClN2O2. The van der Waals surface area contributed by atoms with E-state index in [9.17, 15) is 9.90 Å². The molecule has 1 aliphatic heterocycles. The third kappa shape index (κ3) is 2.03. The number of pyridine rings is 1. The summed E-state index contributed by atoms with van der Waals surface area (Å²) in [6, 6.07) is 1.80. The van der Waals surface area contributed by atoms with Crippen LogP contribution in [0.15, 0.2) is 16.7 Å². The van der Waals surface area contributed by atoms with E-state index in [4.69, 9.17) is 11.6 Å². The number of fused-ring (bicyclic) bond motifs is 1. The number of carbonyl (C=O) groups is 1. The number of hydrogen-bond acceptors (Lipinski definition) is 3. The molecule has 0 unspecified atom stereocenters. The Labute approximate surface area is 124 Å². The van der Waals surface area contributed by atoms with Crippen molar-refractivity contribution in [3.8, 4) is 0 Å². The summed E-state index contributed by atoms with van der Waals surface area (Å²) in [5.74, 6) is 0.233. The zero-order chi connectivity index (χ0) is 13.6. The second-order valence-corrected chi connectivity index (χ2v) is 6.71. The molecule has 102 valence electrons. The molecule has 2 atom stereocenters. The highest BCUT2D eigenvalue weighted by Gasteiger charge is 2.55. The molecule has 1 saturated heterocycles. The van der Waals surface area contributed by atoms with Crippen LogP contribution in [0, 0.1) is 11.3 Å². The van der Waals surface area contributed by atoms with Crippen LogP contribution in [0.4, 0.5) is 5.82 Å². The van der Waals surface area contributed by atoms with Crippen LogP contribution in [0.5, 0.6) is 0 Å². The maximum atomic E-state index is 11.6. The molecule has 2 fully saturated rings. The van der Waals surface area contributed by atoms with Crippen LogP contribution in [-0.2, 0) is 4.79 Å². The van der Waals surface area contributed by atoms with Gasteiger partial charge in [-0.3, -0.25) is 4.79 Å². The summed E-state index contributed by atoms with van der Waals surface area (Å²) in [6.07, 6.45) is 4.45. The topological polar surface area (TPSA) is 53.4 Å². The number of aliphatic carboxylic acids is 1. The van der Waals surface area contributed by atoms with E-state index in [2.05, 4.69) is 20.9 Å². The molecule has 1 saturated carbocycles. The Hall–Kier alpha value is -0.810. The Kier molecular flexibility index (Phi) is 3.21. The van der Waals surface area contributed by atoms with Crippen molar-refractivity contribution in [3.05, 3.63) is 21.8 Å². The van der Waals surface area contributed by atoms with Crippen LogP contribution in [0.25, 0.3) is 0 Å². The van der Waals surface area contributed by atoms with Gasteiger partial charge in [0.2, 0.25) is 0 Å². The van der Waals surface area contributed by atoms with Crippen molar-refractivity contribution in [2.24, 2.45) is 11.3 Å². The fourth-order valence-electron chi connectivity index (χ4n) is 3.44. The highest BCUT2D eigenvalue weighted by molar-refractivity contribution is 9.10. The van der Waals surface area contributed by atoms with Crippen molar-refractivity contribution in [2.45, 2.75) is 19.3 Å². The maximum Gasteiger partial charge on any atom is 0.311 e. The summed E-state index contributed by atoms with van der Waals surface area (Å²) < 4.78 is 0.827. The van der Waals surface area contributed by atoms with Gasteiger partial charge in [-0.2, -0.15) is 0 Å². The van der Waals surface area contributed by atoms with E-state index < -0.39 is 11.4 Å². The lowest BCUT2D eigenvalue weighted by Gasteiger charge is -2.24. The summed E-state index contributed by atoms with van der Waals surface area (Å²) >= 11 is 9.54. The fourth-order valence-corrected chi connectivity index (χ4v) is 4.19. The van der Waals surface area contributed by atoms with Gasteiger partial charge in [0.05, 0.1) is 10.4 Å². The fraction of sp³-hybridized carbons (Fsp3) is 0.538. The molecule has 0 spiro atoms. The first-order chi connectivity index (χ1) is 9.03. The summed E-state index contributed by atoms with van der Waals surface area (Å²) in [5.41, 5.74) is -0.599. The van der Waals surface area contributed by atoms with Gasteiger partial charge >= 0.3 is 5.97 Å². The lowest BCUT2D eigenvalue weighted by Crippen LogP contribution is -2.35. The van der Waals surface area contributed by atoms with Gasteiger partial charge in [0.1, 0.15) is 5.82 Å². The number of hydrogen-bond donors (Lipinski definition) is 1. The smallest absolute Gasteiger partial charge is 0.311 e. The van der Waals surface area contributed by atoms with E-state index >= 15 is 0 Å². The summed E-state index contributed by atoms with van der Waals surface area (Å²) in [5, 5.41) is 10.1. The average molecular weight is 346 g/mol. The number of nitrogens with zero attached hydrogens (tertiary/aromatic N) is 2. The second-order valence-electron chi connectivity index (χ2n) is 5.39. The third-order valence-electron chi connectivity index (χ3n) is 4.38. The quantitative estimate of drug-likeness (QED) is 0.894. The molecule has 2 heterocycles. The zero-order valence-electron chi connectivity index (χ0n) is 10.3. The van der Waals surface area contributed by atoms with E-state index in [0.29, 0.717) is 17.4 Å². The Morgan fingerprint density at radius 1 is 1.63 bits per heavy atom. The summed E-state index contributed by atoms with van der Waals surface area (Å²) in [7, 11) is 0. The maximum absolute atomic E-state index is 11.6. The van der Waals surface area contributed by atoms with Crippen LogP contribution in [0.2, 0.25) is 5.02 Å². The van der Waals surface area contributed by atoms with Crippen molar-refractivity contribution >= 4 is 39.3 Å². The van der Waals surface area contributed by atoms with E-state index in [1.807, 2.05) is 4.90 Å². The lowest BCUT2D eigenvalue weighted by atomic mass is 9.81. The first kappa shape index (κ1) is 13.2. The van der Waals surface area contributed by atoms with Gasteiger partial charge in [-0.25, -0.2) is 4.98 Å². The Bertz CT molecular complexity index is 539.